The lowest BCUT2D eigenvalue weighted by Crippen LogP contribution is -2.50. The van der Waals surface area contributed by atoms with Crippen LogP contribution >= 0.6 is 0 Å². The lowest BCUT2D eigenvalue weighted by Gasteiger charge is -2.26. The number of hydrogen-bond donors (Lipinski definition) is 4. The molecule has 0 aromatic heterocycles. The van der Waals surface area contributed by atoms with E-state index in [2.05, 4.69) is 5.29 Å². The van der Waals surface area contributed by atoms with E-state index < -0.39 is 18.4 Å². The summed E-state index contributed by atoms with van der Waals surface area (Å²) in [5.74, 6) is -2.09. The van der Waals surface area contributed by atoms with Crippen LogP contribution < -0.4 is 5.43 Å². The molecule has 0 spiro atoms. The van der Waals surface area contributed by atoms with Crippen molar-refractivity contribution < 1.29 is 15.3 Å². The molecule has 6 nitrogen and oxygen atoms in total. The van der Waals surface area contributed by atoms with Gasteiger partial charge in [-0.25, -0.2) is 0 Å². The van der Waals surface area contributed by atoms with E-state index in [1.807, 2.05) is 5.43 Å². The first-order valence-corrected chi connectivity index (χ1v) is 3.22. The largest absolute Gasteiger partial charge is 0.394 e. The van der Waals surface area contributed by atoms with E-state index in [-0.39, 0.29) is 6.42 Å². The predicted octanol–water partition coefficient (Wildman–Crippen LogP) is -1.29. The second-order valence-electron chi connectivity index (χ2n) is 2.19. The maximum atomic E-state index is 9.64. The van der Waals surface area contributed by atoms with E-state index in [4.69, 9.17) is 15.3 Å². The first-order valence-electron chi connectivity index (χ1n) is 3.22. The van der Waals surface area contributed by atoms with Crippen LogP contribution in [0.15, 0.2) is 5.29 Å². The number of aliphatic hydroxyl groups excluding tert-OH is 1. The predicted molar refractivity (Wildman–Crippen MR) is 37.3 cm³/mol. The average Bonchev–Trinajstić information content (AvgIpc) is 2.00. The first-order chi connectivity index (χ1) is 5.08. The van der Waals surface area contributed by atoms with Crippen molar-refractivity contribution in [2.45, 2.75) is 25.2 Å². The van der Waals surface area contributed by atoms with Crippen LogP contribution in [0.5, 0.6) is 0 Å². The summed E-state index contributed by atoms with van der Waals surface area (Å²) in [4.78, 5) is 9.64. The highest BCUT2D eigenvalue weighted by Gasteiger charge is 2.32. The molecule has 0 aliphatic heterocycles. The van der Waals surface area contributed by atoms with Crippen LogP contribution in [0.4, 0.5) is 0 Å². The Kier molecular flexibility index (Phi) is 3.94. The molecule has 0 saturated carbocycles. The average molecular weight is 164 g/mol. The summed E-state index contributed by atoms with van der Waals surface area (Å²) < 4.78 is 0. The van der Waals surface area contributed by atoms with Crippen LogP contribution in [-0.4, -0.2) is 33.8 Å². The van der Waals surface area contributed by atoms with Crippen LogP contribution in [0.25, 0.3) is 0 Å². The van der Waals surface area contributed by atoms with Crippen molar-refractivity contribution in [1.82, 2.24) is 5.43 Å². The molecule has 0 aliphatic rings. The second kappa shape index (κ2) is 4.22. The number of hydrogen-bond acceptors (Lipinski definition) is 5. The van der Waals surface area contributed by atoms with Gasteiger partial charge in [0.15, 0.2) is 5.79 Å². The molecule has 66 valence electrons. The van der Waals surface area contributed by atoms with E-state index >= 15 is 0 Å². The van der Waals surface area contributed by atoms with Crippen LogP contribution in [-0.2, 0) is 0 Å². The summed E-state index contributed by atoms with van der Waals surface area (Å²) in [7, 11) is 0. The first kappa shape index (κ1) is 10.3. The second-order valence-corrected chi connectivity index (χ2v) is 2.19. The Hall–Kier alpha value is -0.720. The van der Waals surface area contributed by atoms with Gasteiger partial charge in [0.2, 0.25) is 0 Å². The van der Waals surface area contributed by atoms with Crippen molar-refractivity contribution in [1.29, 1.82) is 0 Å². The molecule has 1 atom stereocenters. The minimum Gasteiger partial charge on any atom is -0.394 e. The fraction of sp³-hybridized carbons (Fsp3) is 1.00. The van der Waals surface area contributed by atoms with Crippen molar-refractivity contribution >= 4 is 0 Å². The third-order valence-corrected chi connectivity index (χ3v) is 1.47. The summed E-state index contributed by atoms with van der Waals surface area (Å²) in [5, 5.41) is 28.9. The molecule has 0 fully saturated rings. The Morgan fingerprint density at radius 1 is 1.64 bits per heavy atom. The highest BCUT2D eigenvalue weighted by Crippen LogP contribution is 2.10. The summed E-state index contributed by atoms with van der Waals surface area (Å²) >= 11 is 0. The SMILES string of the molecule is CCC(O)(O)C(CO)NN=O. The molecule has 4 N–H and O–H groups in total. The van der Waals surface area contributed by atoms with Crippen LogP contribution in [0.1, 0.15) is 13.3 Å². The molecule has 0 amide bonds. The molecule has 1 unspecified atom stereocenters. The van der Waals surface area contributed by atoms with Gasteiger partial charge < -0.3 is 15.3 Å². The van der Waals surface area contributed by atoms with E-state index in [0.29, 0.717) is 0 Å². The Morgan fingerprint density at radius 3 is 2.45 bits per heavy atom. The smallest absolute Gasteiger partial charge is 0.187 e. The summed E-state index contributed by atoms with van der Waals surface area (Å²) in [5.41, 5.74) is 1.84. The molecule has 11 heavy (non-hydrogen) atoms. The molecule has 0 aromatic rings. The fourth-order valence-electron chi connectivity index (χ4n) is 0.600. The van der Waals surface area contributed by atoms with E-state index in [1.165, 1.54) is 6.92 Å². The lowest BCUT2D eigenvalue weighted by atomic mass is 10.1. The Labute approximate surface area is 63.8 Å². The molecule has 0 bridgehead atoms. The quantitative estimate of drug-likeness (QED) is 0.230. The molecule has 0 saturated heterocycles. The number of nitrogens with one attached hydrogen (secondary N) is 1. The van der Waals surface area contributed by atoms with Gasteiger partial charge >= 0.3 is 0 Å². The maximum Gasteiger partial charge on any atom is 0.187 e. The minimum absolute atomic E-state index is 0.000741. The number of rotatable bonds is 5. The van der Waals surface area contributed by atoms with Gasteiger partial charge in [-0.15, -0.1) is 4.91 Å². The zero-order valence-electron chi connectivity index (χ0n) is 6.19. The Balaban J connectivity index is 4.10. The number of nitrogens with zero attached hydrogens (tertiary/aromatic N) is 1. The molecule has 0 rings (SSSR count). The fourth-order valence-corrected chi connectivity index (χ4v) is 0.600. The molecule has 0 aliphatic carbocycles. The van der Waals surface area contributed by atoms with Crippen LogP contribution in [0, 0.1) is 4.91 Å². The van der Waals surface area contributed by atoms with Crippen LogP contribution in [0.2, 0.25) is 0 Å². The zero-order valence-corrected chi connectivity index (χ0v) is 6.19. The Bertz CT molecular complexity index is 128. The molecule has 6 heteroatoms. The van der Waals surface area contributed by atoms with Crippen molar-refractivity contribution in [3.63, 3.8) is 0 Å². The van der Waals surface area contributed by atoms with E-state index in [9.17, 15) is 4.91 Å². The summed E-state index contributed by atoms with van der Waals surface area (Å²) in [6.07, 6.45) is 0.000741. The summed E-state index contributed by atoms with van der Waals surface area (Å²) in [6, 6.07) is -1.13. The van der Waals surface area contributed by atoms with E-state index in [1.54, 1.807) is 0 Å². The zero-order chi connectivity index (χ0) is 8.91. The molecule has 0 heterocycles. The van der Waals surface area contributed by atoms with E-state index in [0.717, 1.165) is 0 Å². The normalized spacial score (nSPS) is 14.2. The van der Waals surface area contributed by atoms with Gasteiger partial charge in [0.25, 0.3) is 0 Å². The molecule has 0 radical (unpaired) electrons. The molecule has 0 aromatic carbocycles. The third kappa shape index (κ3) is 2.79. The highest BCUT2D eigenvalue weighted by atomic mass is 16.5. The number of aliphatic hydroxyl groups is 3. The molecular weight excluding hydrogens is 152 g/mol. The van der Waals surface area contributed by atoms with Gasteiger partial charge in [-0.2, -0.15) is 0 Å². The number of nitroso groups, excluding NO2 is 1. The topological polar surface area (TPSA) is 102 Å². The van der Waals surface area contributed by atoms with Gasteiger partial charge in [0, 0.05) is 6.42 Å². The van der Waals surface area contributed by atoms with Gasteiger partial charge in [-0.05, 0) is 0 Å². The maximum absolute atomic E-state index is 9.64. The van der Waals surface area contributed by atoms with Crippen molar-refractivity contribution in [3.05, 3.63) is 4.91 Å². The molecular formula is C5H12N2O4. The minimum atomic E-state index is -2.09. The highest BCUT2D eigenvalue weighted by molar-refractivity contribution is 4.78. The summed E-state index contributed by atoms with van der Waals surface area (Å²) in [6.45, 7) is 0.946. The monoisotopic (exact) mass is 164 g/mol. The standard InChI is InChI=1S/C5H12N2O4/c1-2-5(9,10)4(3-8)6-7-11/h4,8-10H,2-3H2,1H3,(H,6,11). The van der Waals surface area contributed by atoms with Crippen molar-refractivity contribution in [2.24, 2.45) is 5.29 Å². The van der Waals surface area contributed by atoms with Gasteiger partial charge in [-0.1, -0.05) is 6.92 Å². The van der Waals surface area contributed by atoms with Crippen LogP contribution in [0.3, 0.4) is 0 Å². The van der Waals surface area contributed by atoms with Crippen molar-refractivity contribution in [2.75, 3.05) is 6.61 Å². The lowest BCUT2D eigenvalue weighted by molar-refractivity contribution is -0.191. The van der Waals surface area contributed by atoms with Gasteiger partial charge in [-0.3, -0.25) is 5.43 Å². The van der Waals surface area contributed by atoms with Gasteiger partial charge in [0.1, 0.15) is 6.04 Å². The Morgan fingerprint density at radius 2 is 2.18 bits per heavy atom. The van der Waals surface area contributed by atoms with Crippen molar-refractivity contribution in [3.8, 4) is 0 Å². The van der Waals surface area contributed by atoms with Gasteiger partial charge in [0.05, 0.1) is 11.9 Å². The third-order valence-electron chi connectivity index (χ3n) is 1.47.